The molecule has 1 atom stereocenters. The maximum absolute atomic E-state index is 12.6. The highest BCUT2D eigenvalue weighted by Gasteiger charge is 2.15. The Morgan fingerprint density at radius 2 is 1.52 bits per heavy atom. The van der Waals surface area contributed by atoms with Gasteiger partial charge in [0, 0.05) is 18.2 Å². The summed E-state index contributed by atoms with van der Waals surface area (Å²) in [7, 11) is 0. The molecule has 1 amide bonds. The summed E-state index contributed by atoms with van der Waals surface area (Å²) in [5, 5.41) is 26.6. The molecule has 0 bridgehead atoms. The van der Waals surface area contributed by atoms with Crippen molar-refractivity contribution in [2.75, 3.05) is 18.4 Å². The molecule has 3 aromatic carbocycles. The van der Waals surface area contributed by atoms with Crippen LogP contribution in [0.3, 0.4) is 0 Å². The molecular weight excluding hydrogens is 530 g/mol. The summed E-state index contributed by atoms with van der Waals surface area (Å²) in [6, 6.07) is 22.2. The SMILES string of the molecule is CC(Cc1ccccc1)NC(=O)c1ccc(CNc2c(Cl)ccc3c2CCNCC3)cc1.O=C(O)CCC(=O)O. The Morgan fingerprint density at radius 3 is 2.17 bits per heavy atom. The third-order valence-corrected chi connectivity index (χ3v) is 6.80. The van der Waals surface area contributed by atoms with E-state index in [4.69, 9.17) is 21.8 Å². The van der Waals surface area contributed by atoms with Crippen LogP contribution in [0.5, 0.6) is 0 Å². The van der Waals surface area contributed by atoms with Crippen molar-refractivity contribution < 1.29 is 24.6 Å². The Hall–Kier alpha value is -3.88. The van der Waals surface area contributed by atoms with E-state index in [1.807, 2.05) is 55.5 Å². The third kappa shape index (κ3) is 10.0. The fraction of sp³-hybridized carbons (Fsp3) is 0.323. The average Bonchev–Trinajstić information content (AvgIpc) is 3.18. The monoisotopic (exact) mass is 565 g/mol. The highest BCUT2D eigenvalue weighted by molar-refractivity contribution is 6.33. The molecule has 212 valence electrons. The van der Waals surface area contributed by atoms with Crippen molar-refractivity contribution in [1.29, 1.82) is 0 Å². The molecule has 0 fully saturated rings. The lowest BCUT2D eigenvalue weighted by atomic mass is 10.0. The normalized spacial score (nSPS) is 13.1. The minimum absolute atomic E-state index is 0.0446. The van der Waals surface area contributed by atoms with E-state index in [-0.39, 0.29) is 24.8 Å². The zero-order valence-electron chi connectivity index (χ0n) is 22.6. The first-order chi connectivity index (χ1) is 19.2. The predicted octanol–water partition coefficient (Wildman–Crippen LogP) is 4.94. The van der Waals surface area contributed by atoms with Crippen molar-refractivity contribution in [1.82, 2.24) is 10.6 Å². The Morgan fingerprint density at radius 1 is 0.875 bits per heavy atom. The Balaban J connectivity index is 0.000000482. The number of carboxylic acids is 2. The van der Waals surface area contributed by atoms with Crippen molar-refractivity contribution in [3.63, 3.8) is 0 Å². The molecule has 3 aromatic rings. The van der Waals surface area contributed by atoms with E-state index >= 15 is 0 Å². The van der Waals surface area contributed by atoms with Gasteiger partial charge in [0.25, 0.3) is 5.91 Å². The van der Waals surface area contributed by atoms with E-state index < -0.39 is 11.9 Å². The van der Waals surface area contributed by atoms with Gasteiger partial charge in [-0.1, -0.05) is 60.1 Å². The summed E-state index contributed by atoms with van der Waals surface area (Å²) in [5.74, 6) is -2.20. The van der Waals surface area contributed by atoms with Crippen LogP contribution in [-0.2, 0) is 35.4 Å². The standard InChI is InChI=1S/C27H30ClN3O.C4H6O4/c1-19(17-20-5-3-2-4-6-20)31-27(32)23-9-7-21(8-10-23)18-30-26-24-14-16-29-15-13-22(24)11-12-25(26)28;5-3(6)1-2-4(7)8/h2-12,19,29-30H,13-18H2,1H3,(H,31,32);1-2H2,(H,5,6)(H,7,8). The van der Waals surface area contributed by atoms with E-state index in [9.17, 15) is 14.4 Å². The number of halogens is 1. The molecule has 9 heteroatoms. The second kappa shape index (κ2) is 15.6. The first kappa shape index (κ1) is 30.7. The smallest absolute Gasteiger partial charge is 0.303 e. The first-order valence-corrected chi connectivity index (χ1v) is 13.7. The number of hydrogen-bond acceptors (Lipinski definition) is 5. The van der Waals surface area contributed by atoms with Crippen LogP contribution in [0.25, 0.3) is 0 Å². The van der Waals surface area contributed by atoms with Crippen LogP contribution in [0.1, 0.15) is 52.4 Å². The van der Waals surface area contributed by atoms with Gasteiger partial charge >= 0.3 is 11.9 Å². The number of anilines is 1. The molecule has 1 aliphatic heterocycles. The molecule has 1 unspecified atom stereocenters. The van der Waals surface area contributed by atoms with Gasteiger partial charge in [-0.2, -0.15) is 0 Å². The Bertz CT molecular complexity index is 1270. The minimum atomic E-state index is -1.08. The highest BCUT2D eigenvalue weighted by atomic mass is 35.5. The van der Waals surface area contributed by atoms with Gasteiger partial charge in [0.1, 0.15) is 0 Å². The van der Waals surface area contributed by atoms with Gasteiger partial charge in [-0.3, -0.25) is 14.4 Å². The van der Waals surface area contributed by atoms with Gasteiger partial charge in [-0.25, -0.2) is 0 Å². The fourth-order valence-corrected chi connectivity index (χ4v) is 4.68. The van der Waals surface area contributed by atoms with E-state index in [1.165, 1.54) is 16.7 Å². The van der Waals surface area contributed by atoms with Crippen molar-refractivity contribution in [2.45, 2.75) is 51.6 Å². The summed E-state index contributed by atoms with van der Waals surface area (Å²) in [4.78, 5) is 31.9. The number of amides is 1. The molecule has 1 heterocycles. The van der Waals surface area contributed by atoms with Crippen LogP contribution in [0, 0.1) is 0 Å². The summed E-state index contributed by atoms with van der Waals surface area (Å²) in [5.41, 5.74) is 6.70. The molecule has 8 nitrogen and oxygen atoms in total. The topological polar surface area (TPSA) is 128 Å². The van der Waals surface area contributed by atoms with Crippen LogP contribution in [-0.4, -0.2) is 47.2 Å². The van der Waals surface area contributed by atoms with Crippen LogP contribution in [0.15, 0.2) is 66.7 Å². The Labute approximate surface area is 239 Å². The van der Waals surface area contributed by atoms with Crippen molar-refractivity contribution in [3.05, 3.63) is 99.6 Å². The second-order valence-electron chi connectivity index (χ2n) is 9.71. The molecule has 40 heavy (non-hydrogen) atoms. The maximum atomic E-state index is 12.6. The lowest BCUT2D eigenvalue weighted by Gasteiger charge is -2.17. The van der Waals surface area contributed by atoms with Crippen LogP contribution in [0.2, 0.25) is 5.02 Å². The van der Waals surface area contributed by atoms with Gasteiger partial charge in [-0.05, 0) is 79.7 Å². The van der Waals surface area contributed by atoms with Crippen LogP contribution in [0.4, 0.5) is 5.69 Å². The van der Waals surface area contributed by atoms with Crippen LogP contribution < -0.4 is 16.0 Å². The van der Waals surface area contributed by atoms with E-state index in [0.717, 1.165) is 48.6 Å². The molecule has 4 rings (SSSR count). The number of carbonyl (C=O) groups excluding carboxylic acids is 1. The number of nitrogens with one attached hydrogen (secondary N) is 3. The number of carboxylic acid groups (broad SMARTS) is 2. The first-order valence-electron chi connectivity index (χ1n) is 13.3. The van der Waals surface area contributed by atoms with E-state index in [0.29, 0.717) is 12.1 Å². The lowest BCUT2D eigenvalue weighted by molar-refractivity contribution is -0.143. The minimum Gasteiger partial charge on any atom is -0.481 e. The summed E-state index contributed by atoms with van der Waals surface area (Å²) in [6.07, 6.45) is 2.21. The second-order valence-corrected chi connectivity index (χ2v) is 10.1. The number of carbonyl (C=O) groups is 3. The van der Waals surface area contributed by atoms with Crippen molar-refractivity contribution in [3.8, 4) is 0 Å². The van der Waals surface area contributed by atoms with Gasteiger partial charge < -0.3 is 26.2 Å². The number of aliphatic carboxylic acids is 2. The number of rotatable bonds is 10. The molecule has 0 aliphatic carbocycles. The quantitative estimate of drug-likeness (QED) is 0.236. The molecule has 0 aromatic heterocycles. The molecule has 0 spiro atoms. The summed E-state index contributed by atoms with van der Waals surface area (Å²) >= 11 is 6.52. The molecule has 0 radical (unpaired) electrons. The van der Waals surface area contributed by atoms with Crippen molar-refractivity contribution in [2.24, 2.45) is 0 Å². The van der Waals surface area contributed by atoms with Gasteiger partial charge in [-0.15, -0.1) is 0 Å². The predicted molar refractivity (Wildman–Crippen MR) is 157 cm³/mol. The largest absolute Gasteiger partial charge is 0.481 e. The maximum Gasteiger partial charge on any atom is 0.303 e. The molecule has 0 saturated heterocycles. The molecular formula is C31H36ClN3O5. The van der Waals surface area contributed by atoms with E-state index in [1.54, 1.807) is 0 Å². The molecule has 5 N–H and O–H groups in total. The summed E-state index contributed by atoms with van der Waals surface area (Å²) in [6.45, 7) is 4.66. The summed E-state index contributed by atoms with van der Waals surface area (Å²) < 4.78 is 0. The zero-order chi connectivity index (χ0) is 28.9. The van der Waals surface area contributed by atoms with Gasteiger partial charge in [0.05, 0.1) is 23.6 Å². The van der Waals surface area contributed by atoms with Gasteiger partial charge in [0.15, 0.2) is 0 Å². The number of benzene rings is 3. The molecule has 0 saturated carbocycles. The highest BCUT2D eigenvalue weighted by Crippen LogP contribution is 2.31. The third-order valence-electron chi connectivity index (χ3n) is 6.48. The lowest BCUT2D eigenvalue weighted by Crippen LogP contribution is -2.34. The number of hydrogen-bond donors (Lipinski definition) is 5. The zero-order valence-corrected chi connectivity index (χ0v) is 23.3. The van der Waals surface area contributed by atoms with Crippen molar-refractivity contribution >= 4 is 35.1 Å². The van der Waals surface area contributed by atoms with E-state index in [2.05, 4.69) is 34.1 Å². The fourth-order valence-electron chi connectivity index (χ4n) is 4.44. The van der Waals surface area contributed by atoms with Gasteiger partial charge in [0.2, 0.25) is 0 Å². The average molecular weight is 566 g/mol. The van der Waals surface area contributed by atoms with Crippen LogP contribution >= 0.6 is 11.6 Å². The molecule has 1 aliphatic rings. The number of fused-ring (bicyclic) bond motifs is 1. The Kier molecular flexibility index (Phi) is 12.0.